The summed E-state index contributed by atoms with van der Waals surface area (Å²) >= 11 is 0. The van der Waals surface area contributed by atoms with Crippen molar-refractivity contribution < 1.29 is 9.47 Å². The van der Waals surface area contributed by atoms with Crippen LogP contribution < -0.4 is 15.4 Å². The summed E-state index contributed by atoms with van der Waals surface area (Å²) in [4.78, 5) is 2.39. The second kappa shape index (κ2) is 6.66. The first-order valence-electron chi connectivity index (χ1n) is 7.04. The van der Waals surface area contributed by atoms with Crippen molar-refractivity contribution in [2.45, 2.75) is 32.2 Å². The van der Waals surface area contributed by atoms with E-state index in [-0.39, 0.29) is 0 Å². The van der Waals surface area contributed by atoms with Crippen LogP contribution in [0.2, 0.25) is 0 Å². The summed E-state index contributed by atoms with van der Waals surface area (Å²) in [5, 5.41) is 0. The molecule has 0 saturated heterocycles. The summed E-state index contributed by atoms with van der Waals surface area (Å²) in [6.07, 6.45) is 3.51. The lowest BCUT2D eigenvalue weighted by Crippen LogP contribution is -2.29. The van der Waals surface area contributed by atoms with Crippen molar-refractivity contribution in [1.82, 2.24) is 0 Å². The molecule has 2 N–H and O–H groups in total. The molecule has 1 aromatic carbocycles. The van der Waals surface area contributed by atoms with E-state index in [0.29, 0.717) is 18.3 Å². The van der Waals surface area contributed by atoms with E-state index < -0.39 is 0 Å². The van der Waals surface area contributed by atoms with Crippen LogP contribution in [0.5, 0.6) is 5.75 Å². The molecule has 0 aromatic heterocycles. The number of nitrogens with two attached hydrogens (primary N) is 1. The topological polar surface area (TPSA) is 47.7 Å². The molecule has 1 aliphatic carbocycles. The Kier molecular flexibility index (Phi) is 4.91. The molecule has 1 aliphatic rings. The van der Waals surface area contributed by atoms with Crippen molar-refractivity contribution in [3.05, 3.63) is 18.2 Å². The van der Waals surface area contributed by atoms with Gasteiger partial charge in [-0.15, -0.1) is 0 Å². The van der Waals surface area contributed by atoms with Gasteiger partial charge in [0.05, 0.1) is 18.9 Å². The van der Waals surface area contributed by atoms with Crippen molar-refractivity contribution in [3.8, 4) is 5.75 Å². The van der Waals surface area contributed by atoms with E-state index >= 15 is 0 Å². The van der Waals surface area contributed by atoms with Gasteiger partial charge in [0.1, 0.15) is 5.75 Å². The van der Waals surface area contributed by atoms with Gasteiger partial charge in [0.2, 0.25) is 0 Å². The van der Waals surface area contributed by atoms with Crippen LogP contribution >= 0.6 is 0 Å². The zero-order valence-corrected chi connectivity index (χ0v) is 11.9. The number of anilines is 2. The number of ether oxygens (including phenoxy) is 2. The fraction of sp³-hybridized carbons (Fsp3) is 0.600. The molecule has 0 heterocycles. The Labute approximate surface area is 115 Å². The normalized spacial score (nSPS) is 14.4. The van der Waals surface area contributed by atoms with Crippen molar-refractivity contribution in [1.29, 1.82) is 0 Å². The summed E-state index contributed by atoms with van der Waals surface area (Å²) in [6.45, 7) is 4.45. The van der Waals surface area contributed by atoms with E-state index in [1.165, 1.54) is 18.5 Å². The Morgan fingerprint density at radius 1 is 1.32 bits per heavy atom. The van der Waals surface area contributed by atoms with E-state index in [9.17, 15) is 0 Å². The van der Waals surface area contributed by atoms with Crippen molar-refractivity contribution in [2.75, 3.05) is 37.5 Å². The summed E-state index contributed by atoms with van der Waals surface area (Å²) < 4.78 is 10.9. The van der Waals surface area contributed by atoms with E-state index in [4.69, 9.17) is 15.2 Å². The van der Waals surface area contributed by atoms with Crippen LogP contribution in [-0.4, -0.2) is 32.9 Å². The fourth-order valence-corrected chi connectivity index (χ4v) is 2.14. The van der Waals surface area contributed by atoms with Gasteiger partial charge in [0, 0.05) is 31.5 Å². The van der Waals surface area contributed by atoms with Crippen LogP contribution in [0.15, 0.2) is 18.2 Å². The van der Waals surface area contributed by atoms with E-state index in [1.807, 2.05) is 6.07 Å². The molecule has 1 saturated carbocycles. The number of methoxy groups -OCH3 is 1. The summed E-state index contributed by atoms with van der Waals surface area (Å²) in [7, 11) is 1.74. The first-order chi connectivity index (χ1) is 9.26. The first kappa shape index (κ1) is 14.0. The molecule has 4 heteroatoms. The van der Waals surface area contributed by atoms with Gasteiger partial charge in [-0.25, -0.2) is 0 Å². The largest absolute Gasteiger partial charge is 0.491 e. The van der Waals surface area contributed by atoms with Gasteiger partial charge in [-0.05, 0) is 31.4 Å². The zero-order valence-electron chi connectivity index (χ0n) is 11.9. The smallest absolute Gasteiger partial charge is 0.144 e. The lowest BCUT2D eigenvalue weighted by molar-refractivity contribution is 0.205. The molecular formula is C15H24N2O2. The third-order valence-electron chi connectivity index (χ3n) is 3.31. The lowest BCUT2D eigenvalue weighted by atomic mass is 10.2. The molecular weight excluding hydrogens is 240 g/mol. The predicted molar refractivity (Wildman–Crippen MR) is 78.9 cm³/mol. The van der Waals surface area contributed by atoms with Crippen molar-refractivity contribution in [3.63, 3.8) is 0 Å². The van der Waals surface area contributed by atoms with Crippen molar-refractivity contribution in [2.24, 2.45) is 0 Å². The predicted octanol–water partition coefficient (Wildman–Crippen LogP) is 2.67. The Bertz CT molecular complexity index is 405. The second-order valence-electron chi connectivity index (χ2n) is 4.99. The molecule has 106 valence electrons. The number of nitrogen functional groups attached to an aromatic ring is 1. The van der Waals surface area contributed by atoms with Crippen molar-refractivity contribution >= 4 is 11.4 Å². The molecule has 4 nitrogen and oxygen atoms in total. The highest BCUT2D eigenvalue weighted by Crippen LogP contribution is 2.35. The van der Waals surface area contributed by atoms with Gasteiger partial charge in [-0.3, -0.25) is 0 Å². The summed E-state index contributed by atoms with van der Waals surface area (Å²) in [6, 6.07) is 6.71. The fourth-order valence-electron chi connectivity index (χ4n) is 2.14. The molecule has 1 aromatic rings. The molecule has 0 atom stereocenters. The molecule has 0 unspecified atom stereocenters. The van der Waals surface area contributed by atoms with Crippen LogP contribution in [0.4, 0.5) is 11.4 Å². The standard InChI is InChI=1S/C15H24N2O2/c1-3-9-19-15-11-13(6-7-14(15)16)17(8-10-18-2)12-4-5-12/h6-7,11-12H,3-5,8-10,16H2,1-2H3. The molecule has 0 aliphatic heterocycles. The van der Waals surface area contributed by atoms with Crippen LogP contribution in [0.25, 0.3) is 0 Å². The molecule has 2 rings (SSSR count). The highest BCUT2D eigenvalue weighted by molar-refractivity contribution is 5.63. The maximum Gasteiger partial charge on any atom is 0.144 e. The first-order valence-corrected chi connectivity index (χ1v) is 7.04. The minimum absolute atomic E-state index is 0.651. The maximum atomic E-state index is 5.95. The molecule has 19 heavy (non-hydrogen) atoms. The Hall–Kier alpha value is -1.42. The molecule has 0 amide bonds. The lowest BCUT2D eigenvalue weighted by Gasteiger charge is -2.25. The van der Waals surface area contributed by atoms with E-state index in [0.717, 1.165) is 25.3 Å². The Balaban J connectivity index is 2.12. The average molecular weight is 264 g/mol. The number of hydrogen-bond acceptors (Lipinski definition) is 4. The Morgan fingerprint density at radius 2 is 2.11 bits per heavy atom. The van der Waals surface area contributed by atoms with Crippen LogP contribution in [-0.2, 0) is 4.74 Å². The number of rotatable bonds is 8. The van der Waals surface area contributed by atoms with Gasteiger partial charge in [-0.2, -0.15) is 0 Å². The molecule has 1 fully saturated rings. The minimum atomic E-state index is 0.651. The average Bonchev–Trinajstić information content (AvgIpc) is 3.24. The Morgan fingerprint density at radius 3 is 2.74 bits per heavy atom. The second-order valence-corrected chi connectivity index (χ2v) is 4.99. The van der Waals surface area contributed by atoms with Gasteiger partial charge in [-0.1, -0.05) is 6.92 Å². The minimum Gasteiger partial charge on any atom is -0.491 e. The van der Waals surface area contributed by atoms with E-state index in [1.54, 1.807) is 7.11 Å². The SMILES string of the molecule is CCCOc1cc(N(CCOC)C2CC2)ccc1N. The van der Waals surface area contributed by atoms with Gasteiger partial charge in [0.15, 0.2) is 0 Å². The number of nitrogens with zero attached hydrogens (tertiary/aromatic N) is 1. The van der Waals surface area contributed by atoms with Gasteiger partial charge in [0.25, 0.3) is 0 Å². The zero-order chi connectivity index (χ0) is 13.7. The third kappa shape index (κ3) is 3.77. The van der Waals surface area contributed by atoms with E-state index in [2.05, 4.69) is 24.0 Å². The van der Waals surface area contributed by atoms with Gasteiger partial charge < -0.3 is 20.1 Å². The quantitative estimate of drug-likeness (QED) is 0.733. The van der Waals surface area contributed by atoms with Gasteiger partial charge >= 0.3 is 0 Å². The van der Waals surface area contributed by atoms with Crippen LogP contribution in [0.3, 0.4) is 0 Å². The molecule has 0 radical (unpaired) electrons. The van der Waals surface area contributed by atoms with Crippen LogP contribution in [0, 0.1) is 0 Å². The highest BCUT2D eigenvalue weighted by atomic mass is 16.5. The van der Waals surface area contributed by atoms with Crippen LogP contribution in [0.1, 0.15) is 26.2 Å². The number of hydrogen-bond donors (Lipinski definition) is 1. The molecule has 0 spiro atoms. The maximum absolute atomic E-state index is 5.95. The number of benzene rings is 1. The monoisotopic (exact) mass is 264 g/mol. The highest BCUT2D eigenvalue weighted by Gasteiger charge is 2.29. The summed E-state index contributed by atoms with van der Waals surface area (Å²) in [5.74, 6) is 0.794. The molecule has 0 bridgehead atoms. The third-order valence-corrected chi connectivity index (χ3v) is 3.31. The summed E-state index contributed by atoms with van der Waals surface area (Å²) in [5.41, 5.74) is 7.84.